The molecule has 3 heteroatoms. The zero-order valence-corrected chi connectivity index (χ0v) is 18.7. The molecule has 0 fully saturated rings. The molecular formula is C21H34O2Ti-2. The predicted molar refractivity (Wildman–Crippen MR) is 101 cm³/mol. The van der Waals surface area contributed by atoms with Gasteiger partial charge >= 0.3 is 24.8 Å². The second-order valence-corrected chi connectivity index (χ2v) is 5.52. The van der Waals surface area contributed by atoms with Crippen LogP contribution in [0.3, 0.4) is 0 Å². The van der Waals surface area contributed by atoms with Crippen LogP contribution in [-0.2, 0) is 20.0 Å². The number of hydrogen-bond donors (Lipinski definition) is 0. The van der Waals surface area contributed by atoms with Gasteiger partial charge in [0.2, 0.25) is 0 Å². The van der Waals surface area contributed by atoms with E-state index >= 15 is 0 Å². The average molecular weight is 366 g/mol. The summed E-state index contributed by atoms with van der Waals surface area (Å²) in [5, 5.41) is 16.5. The molecule has 0 aliphatic rings. The topological polar surface area (TPSA) is 46.1 Å². The van der Waals surface area contributed by atoms with Crippen molar-refractivity contribution in [2.75, 3.05) is 14.2 Å². The third-order valence-electron chi connectivity index (χ3n) is 4.36. The summed E-state index contributed by atoms with van der Waals surface area (Å²) in [7, 11) is 1.50. The molecular weight excluding hydrogens is 332 g/mol. The van der Waals surface area contributed by atoms with Gasteiger partial charge in [0.05, 0.1) is 0 Å². The summed E-state index contributed by atoms with van der Waals surface area (Å²) < 4.78 is 0. The van der Waals surface area contributed by atoms with E-state index in [1.54, 1.807) is 20.0 Å². The van der Waals surface area contributed by atoms with E-state index in [1.807, 2.05) is 0 Å². The van der Waals surface area contributed by atoms with E-state index in [1.165, 1.54) is 44.5 Å². The second-order valence-electron chi connectivity index (χ2n) is 5.52. The van der Waals surface area contributed by atoms with E-state index in [0.717, 1.165) is 14.2 Å². The zero-order valence-electron chi connectivity index (χ0n) is 17.2. The fraction of sp³-hybridized carbons (Fsp3) is 0.476. The molecule has 0 bridgehead atoms. The van der Waals surface area contributed by atoms with Gasteiger partial charge in [-0.2, -0.15) is 70.9 Å². The molecule has 2 aromatic rings. The maximum atomic E-state index is 8.25. The minimum absolute atomic E-state index is 0.750. The van der Waals surface area contributed by atoms with Crippen LogP contribution in [0.2, 0.25) is 0 Å². The molecule has 24 heavy (non-hydrogen) atoms. The standard InChI is InChI=1S/2C9H13.2CH3O.CH2.Ti/c2*1-6-5-7(2)9(4)8(6)3;2*1-2;;/h2*5H,1-4H3;2*1H3;1H2;/q4*-1;;+2. The van der Waals surface area contributed by atoms with Crippen molar-refractivity contribution in [2.24, 2.45) is 0 Å². The molecule has 0 saturated carbocycles. The first-order chi connectivity index (χ1) is 11.3. The monoisotopic (exact) mass is 366 g/mol. The van der Waals surface area contributed by atoms with Crippen LogP contribution in [0, 0.1) is 55.4 Å². The number of hydrogen-bond acceptors (Lipinski definition) is 2. The first kappa shape index (κ1) is 28.0. The van der Waals surface area contributed by atoms with Crippen molar-refractivity contribution in [3.63, 3.8) is 0 Å². The number of rotatable bonds is 0. The van der Waals surface area contributed by atoms with Crippen molar-refractivity contribution in [3.05, 3.63) is 56.6 Å². The Kier molecular flexibility index (Phi) is 18.4. The summed E-state index contributed by atoms with van der Waals surface area (Å²) in [6.07, 6.45) is 0. The van der Waals surface area contributed by atoms with Gasteiger partial charge in [-0.25, -0.2) is 0 Å². The van der Waals surface area contributed by atoms with Crippen molar-refractivity contribution in [2.45, 2.75) is 55.4 Å². The van der Waals surface area contributed by atoms with E-state index < -0.39 is 0 Å². The summed E-state index contributed by atoms with van der Waals surface area (Å²) in [6, 6.07) is 4.48. The molecule has 0 saturated heterocycles. The van der Waals surface area contributed by atoms with Gasteiger partial charge in [-0.15, -0.1) is 0 Å². The van der Waals surface area contributed by atoms with E-state index in [4.69, 9.17) is 10.2 Å². The van der Waals surface area contributed by atoms with Crippen molar-refractivity contribution in [1.82, 2.24) is 0 Å². The van der Waals surface area contributed by atoms with Gasteiger partial charge in [-0.3, -0.25) is 0 Å². The van der Waals surface area contributed by atoms with Crippen LogP contribution in [-0.4, -0.2) is 19.0 Å². The summed E-state index contributed by atoms with van der Waals surface area (Å²) in [5.41, 5.74) is 11.5. The van der Waals surface area contributed by atoms with Crippen molar-refractivity contribution >= 4 is 4.82 Å². The summed E-state index contributed by atoms with van der Waals surface area (Å²) >= 11 is 1.75. The SMILES string of the molecule is C[O-].C[O-].Cc1c[c-](C)c(C)c1C.Cc1c[c-](C)c(C)c1C.[CH2]=[Ti+2]. The second kappa shape index (κ2) is 15.7. The molecule has 0 radical (unpaired) electrons. The molecule has 0 aliphatic carbocycles. The predicted octanol–water partition coefficient (Wildman–Crippen LogP) is 3.20. The van der Waals surface area contributed by atoms with Gasteiger partial charge in [0.25, 0.3) is 0 Å². The number of aryl methyl sites for hydroxylation is 4. The minimum atomic E-state index is 0.750. The molecule has 2 aromatic carbocycles. The van der Waals surface area contributed by atoms with Crippen LogP contribution in [0.5, 0.6) is 0 Å². The zero-order chi connectivity index (χ0) is 20.0. The Morgan fingerprint density at radius 2 is 0.875 bits per heavy atom. The molecule has 0 aromatic heterocycles. The van der Waals surface area contributed by atoms with E-state index in [0.29, 0.717) is 0 Å². The fourth-order valence-corrected chi connectivity index (χ4v) is 2.27. The Balaban J connectivity index is -0.000000281. The third-order valence-corrected chi connectivity index (χ3v) is 4.36. The Morgan fingerprint density at radius 1 is 0.667 bits per heavy atom. The quantitative estimate of drug-likeness (QED) is 0.531. The van der Waals surface area contributed by atoms with E-state index in [-0.39, 0.29) is 0 Å². The van der Waals surface area contributed by atoms with Gasteiger partial charge in [0.15, 0.2) is 0 Å². The summed E-state index contributed by atoms with van der Waals surface area (Å²) in [6.45, 7) is 17.4. The van der Waals surface area contributed by atoms with E-state index in [9.17, 15) is 0 Å². The van der Waals surface area contributed by atoms with Crippen LogP contribution in [0.4, 0.5) is 0 Å². The molecule has 2 rings (SSSR count). The Hall–Kier alpha value is -0.796. The third kappa shape index (κ3) is 8.89. The molecule has 0 atom stereocenters. The molecule has 0 N–H and O–H groups in total. The van der Waals surface area contributed by atoms with Gasteiger partial charge < -0.3 is 10.2 Å². The molecule has 2 nitrogen and oxygen atoms in total. The van der Waals surface area contributed by atoms with Gasteiger partial charge in [-0.1, -0.05) is 55.4 Å². The fourth-order valence-electron chi connectivity index (χ4n) is 2.27. The Labute approximate surface area is 161 Å². The molecule has 0 amide bonds. The van der Waals surface area contributed by atoms with Crippen LogP contribution in [0.25, 0.3) is 0 Å². The van der Waals surface area contributed by atoms with Crippen LogP contribution in [0.1, 0.15) is 44.5 Å². The van der Waals surface area contributed by atoms with Gasteiger partial charge in [0.1, 0.15) is 0 Å². The van der Waals surface area contributed by atoms with Crippen LogP contribution >= 0.6 is 0 Å². The maximum absolute atomic E-state index is 8.25. The van der Waals surface area contributed by atoms with Gasteiger partial charge in [0, 0.05) is 0 Å². The van der Waals surface area contributed by atoms with Crippen LogP contribution in [0.15, 0.2) is 12.1 Å². The molecule has 0 aliphatic heterocycles. The average Bonchev–Trinajstić information content (AvgIpc) is 2.97. The van der Waals surface area contributed by atoms with Crippen LogP contribution < -0.4 is 10.2 Å². The first-order valence-electron chi connectivity index (χ1n) is 7.82. The summed E-state index contributed by atoms with van der Waals surface area (Å²) in [5.74, 6) is 0. The van der Waals surface area contributed by atoms with Crippen molar-refractivity contribution < 1.29 is 30.2 Å². The van der Waals surface area contributed by atoms with Crippen molar-refractivity contribution in [3.8, 4) is 0 Å². The molecule has 0 unspecified atom stereocenters. The van der Waals surface area contributed by atoms with Gasteiger partial charge in [-0.05, 0) is 0 Å². The first-order valence-corrected chi connectivity index (χ1v) is 8.93. The summed E-state index contributed by atoms with van der Waals surface area (Å²) in [4.78, 5) is 3.25. The molecule has 136 valence electrons. The molecule has 0 spiro atoms. The molecule has 0 heterocycles. The Bertz CT molecular complexity index is 468. The van der Waals surface area contributed by atoms with Crippen molar-refractivity contribution in [1.29, 1.82) is 0 Å². The normalized spacial score (nSPS) is 8.42. The Morgan fingerprint density at radius 3 is 0.917 bits per heavy atom. The van der Waals surface area contributed by atoms with E-state index in [2.05, 4.69) is 72.3 Å².